The lowest BCUT2D eigenvalue weighted by molar-refractivity contribution is -0.0155. The van der Waals surface area contributed by atoms with Crippen LogP contribution < -0.4 is 5.32 Å². The van der Waals surface area contributed by atoms with Gasteiger partial charge in [0.1, 0.15) is 11.5 Å². The first-order valence-electron chi connectivity index (χ1n) is 7.00. The smallest absolute Gasteiger partial charge is 0.284 e. The molecular formula is C14H21F2NO3S. The Kier molecular flexibility index (Phi) is 6.47. The van der Waals surface area contributed by atoms with Crippen LogP contribution in [-0.4, -0.2) is 37.2 Å². The highest BCUT2D eigenvalue weighted by molar-refractivity contribution is 7.98. The molecule has 0 bridgehead atoms. The van der Waals surface area contributed by atoms with Gasteiger partial charge in [-0.2, -0.15) is 8.78 Å². The first-order chi connectivity index (χ1) is 10.1. The standard InChI is InChI=1S/C14H21F2NO3S/c15-13(16)21-8-12-2-1-11(20-12)7-17-9-14(10-18)3-5-19-6-4-14/h1-2,13,17-18H,3-10H2. The van der Waals surface area contributed by atoms with Gasteiger partial charge < -0.3 is 19.6 Å². The highest BCUT2D eigenvalue weighted by atomic mass is 32.2. The van der Waals surface area contributed by atoms with Crippen LogP contribution in [-0.2, 0) is 17.0 Å². The number of halogens is 2. The summed E-state index contributed by atoms with van der Waals surface area (Å²) in [4.78, 5) is 0. The SMILES string of the molecule is OCC1(CNCc2ccc(CSC(F)F)o2)CCOCC1. The number of thioether (sulfide) groups is 1. The second-order valence-electron chi connectivity index (χ2n) is 5.31. The number of aliphatic hydroxyl groups is 1. The lowest BCUT2D eigenvalue weighted by Crippen LogP contribution is -2.41. The van der Waals surface area contributed by atoms with Crippen molar-refractivity contribution in [1.82, 2.24) is 5.32 Å². The maximum Gasteiger partial charge on any atom is 0.284 e. The van der Waals surface area contributed by atoms with Gasteiger partial charge in [-0.25, -0.2) is 0 Å². The van der Waals surface area contributed by atoms with Gasteiger partial charge in [0.05, 0.1) is 18.9 Å². The minimum absolute atomic E-state index is 0.126. The topological polar surface area (TPSA) is 54.6 Å². The predicted octanol–water partition coefficient (Wildman–Crippen LogP) is 2.61. The van der Waals surface area contributed by atoms with Gasteiger partial charge in [0.25, 0.3) is 5.76 Å². The van der Waals surface area contributed by atoms with Crippen LogP contribution in [0.2, 0.25) is 0 Å². The molecule has 0 aromatic carbocycles. The third kappa shape index (κ3) is 5.25. The largest absolute Gasteiger partial charge is 0.464 e. The number of ether oxygens (including phenoxy) is 1. The summed E-state index contributed by atoms with van der Waals surface area (Å²) >= 11 is 0.553. The molecular weight excluding hydrogens is 300 g/mol. The van der Waals surface area contributed by atoms with E-state index in [4.69, 9.17) is 9.15 Å². The Balaban J connectivity index is 1.75. The third-order valence-corrected chi connectivity index (χ3v) is 4.46. The molecule has 0 spiro atoms. The average Bonchev–Trinajstić information content (AvgIpc) is 2.94. The van der Waals surface area contributed by atoms with E-state index in [-0.39, 0.29) is 17.8 Å². The zero-order valence-electron chi connectivity index (χ0n) is 11.8. The van der Waals surface area contributed by atoms with E-state index < -0.39 is 5.76 Å². The van der Waals surface area contributed by atoms with Crippen LogP contribution in [0.15, 0.2) is 16.5 Å². The van der Waals surface area contributed by atoms with Crippen LogP contribution in [0.25, 0.3) is 0 Å². The Hall–Kier alpha value is -0.630. The minimum Gasteiger partial charge on any atom is -0.464 e. The summed E-state index contributed by atoms with van der Waals surface area (Å²) in [6.07, 6.45) is 1.68. The Morgan fingerprint density at radius 2 is 2.00 bits per heavy atom. The zero-order valence-corrected chi connectivity index (χ0v) is 12.6. The van der Waals surface area contributed by atoms with Crippen molar-refractivity contribution in [2.45, 2.75) is 30.9 Å². The molecule has 1 aliphatic heterocycles. The molecule has 0 saturated carbocycles. The molecule has 0 radical (unpaired) electrons. The van der Waals surface area contributed by atoms with Crippen LogP contribution >= 0.6 is 11.8 Å². The van der Waals surface area contributed by atoms with Crippen LogP contribution in [0.1, 0.15) is 24.4 Å². The number of furan rings is 1. The molecule has 1 aromatic rings. The maximum absolute atomic E-state index is 12.1. The fraction of sp³-hybridized carbons (Fsp3) is 0.714. The Morgan fingerprint density at radius 3 is 2.67 bits per heavy atom. The van der Waals surface area contributed by atoms with Crippen molar-refractivity contribution in [1.29, 1.82) is 0 Å². The summed E-state index contributed by atoms with van der Waals surface area (Å²) in [6, 6.07) is 3.52. The summed E-state index contributed by atoms with van der Waals surface area (Å²) in [6.45, 7) is 2.71. The molecule has 1 saturated heterocycles. The summed E-state index contributed by atoms with van der Waals surface area (Å²) in [7, 11) is 0. The molecule has 4 nitrogen and oxygen atoms in total. The molecule has 0 aliphatic carbocycles. The highest BCUT2D eigenvalue weighted by Crippen LogP contribution is 2.29. The zero-order chi connectivity index (χ0) is 15.1. The van der Waals surface area contributed by atoms with E-state index in [9.17, 15) is 13.9 Å². The molecule has 21 heavy (non-hydrogen) atoms. The molecule has 120 valence electrons. The molecule has 1 aromatic heterocycles. The van der Waals surface area contributed by atoms with Gasteiger partial charge in [-0.05, 0) is 25.0 Å². The molecule has 0 atom stereocenters. The second-order valence-corrected chi connectivity index (χ2v) is 6.29. The monoisotopic (exact) mass is 321 g/mol. The summed E-state index contributed by atoms with van der Waals surface area (Å²) in [5.74, 6) is -0.926. The van der Waals surface area contributed by atoms with Gasteiger partial charge in [0, 0.05) is 25.2 Å². The number of aliphatic hydroxyl groups excluding tert-OH is 1. The van der Waals surface area contributed by atoms with E-state index in [0.29, 0.717) is 43.8 Å². The lowest BCUT2D eigenvalue weighted by atomic mass is 9.81. The van der Waals surface area contributed by atoms with Crippen LogP contribution in [0.3, 0.4) is 0 Å². The van der Waals surface area contributed by atoms with Crippen molar-refractivity contribution < 1.29 is 23.0 Å². The molecule has 0 amide bonds. The quantitative estimate of drug-likeness (QED) is 0.771. The first kappa shape index (κ1) is 16.7. The third-order valence-electron chi connectivity index (χ3n) is 3.76. The van der Waals surface area contributed by atoms with Gasteiger partial charge in [-0.3, -0.25) is 0 Å². The molecule has 0 unspecified atom stereocenters. The van der Waals surface area contributed by atoms with Crippen LogP contribution in [0, 0.1) is 5.41 Å². The summed E-state index contributed by atoms with van der Waals surface area (Å²) in [5, 5.41) is 12.8. The number of alkyl halides is 2. The number of hydrogen-bond acceptors (Lipinski definition) is 5. The normalized spacial score (nSPS) is 18.3. The molecule has 1 aliphatic rings. The Bertz CT molecular complexity index is 422. The molecule has 7 heteroatoms. The van der Waals surface area contributed by atoms with Crippen molar-refractivity contribution in [2.75, 3.05) is 26.4 Å². The minimum atomic E-state index is -2.38. The van der Waals surface area contributed by atoms with Crippen LogP contribution in [0.5, 0.6) is 0 Å². The van der Waals surface area contributed by atoms with Crippen molar-refractivity contribution >= 4 is 11.8 Å². The molecule has 2 heterocycles. The maximum atomic E-state index is 12.1. The second kappa shape index (κ2) is 8.12. The van der Waals surface area contributed by atoms with E-state index in [1.165, 1.54) is 0 Å². The van der Waals surface area contributed by atoms with Gasteiger partial charge in [0.2, 0.25) is 0 Å². The van der Waals surface area contributed by atoms with E-state index in [2.05, 4.69) is 5.32 Å². The number of hydrogen-bond donors (Lipinski definition) is 2. The van der Waals surface area contributed by atoms with Crippen molar-refractivity contribution in [3.8, 4) is 0 Å². The van der Waals surface area contributed by atoms with Gasteiger partial charge >= 0.3 is 0 Å². The summed E-state index contributed by atoms with van der Waals surface area (Å²) in [5.41, 5.74) is -0.126. The van der Waals surface area contributed by atoms with E-state index in [1.807, 2.05) is 0 Å². The van der Waals surface area contributed by atoms with Gasteiger partial charge in [-0.1, -0.05) is 11.8 Å². The number of nitrogens with one attached hydrogen (secondary N) is 1. The summed E-state index contributed by atoms with van der Waals surface area (Å²) < 4.78 is 35.0. The lowest BCUT2D eigenvalue weighted by Gasteiger charge is -2.35. The highest BCUT2D eigenvalue weighted by Gasteiger charge is 2.31. The molecule has 2 N–H and O–H groups in total. The van der Waals surface area contributed by atoms with Gasteiger partial charge in [0.15, 0.2) is 0 Å². The fourth-order valence-corrected chi connectivity index (χ4v) is 2.83. The van der Waals surface area contributed by atoms with E-state index in [1.54, 1.807) is 12.1 Å². The Labute approximate surface area is 127 Å². The van der Waals surface area contributed by atoms with Crippen molar-refractivity contribution in [3.63, 3.8) is 0 Å². The van der Waals surface area contributed by atoms with E-state index >= 15 is 0 Å². The van der Waals surface area contributed by atoms with Crippen molar-refractivity contribution in [3.05, 3.63) is 23.7 Å². The Morgan fingerprint density at radius 1 is 1.29 bits per heavy atom. The number of rotatable bonds is 8. The average molecular weight is 321 g/mol. The van der Waals surface area contributed by atoms with Crippen LogP contribution in [0.4, 0.5) is 8.78 Å². The van der Waals surface area contributed by atoms with E-state index in [0.717, 1.165) is 18.6 Å². The van der Waals surface area contributed by atoms with Gasteiger partial charge in [-0.15, -0.1) is 0 Å². The molecule has 2 rings (SSSR count). The molecule has 1 fully saturated rings. The predicted molar refractivity (Wildman–Crippen MR) is 77.3 cm³/mol. The fourth-order valence-electron chi connectivity index (χ4n) is 2.39. The van der Waals surface area contributed by atoms with Crippen molar-refractivity contribution in [2.24, 2.45) is 5.41 Å². The first-order valence-corrected chi connectivity index (χ1v) is 8.05.